The van der Waals surface area contributed by atoms with Crippen molar-refractivity contribution in [3.8, 4) is 0 Å². The monoisotopic (exact) mass is 242 g/mol. The minimum Gasteiger partial charge on any atom is -0.440 e. The second kappa shape index (κ2) is 4.89. The molecule has 1 saturated heterocycles. The smallest absolute Gasteiger partial charge is 0.289 e. The van der Waals surface area contributed by atoms with Crippen LogP contribution in [-0.4, -0.2) is 37.5 Å². The number of rotatable bonds is 3. The number of halogens is 1. The molecular weight excluding hydrogens is 228 g/mol. The summed E-state index contributed by atoms with van der Waals surface area (Å²) in [5, 5.41) is 3.39. The van der Waals surface area contributed by atoms with E-state index in [1.54, 1.807) is 12.1 Å². The number of amides is 1. The zero-order chi connectivity index (χ0) is 11.5. The Morgan fingerprint density at radius 3 is 3.12 bits per heavy atom. The molecule has 0 aliphatic carbocycles. The zero-order valence-corrected chi connectivity index (χ0v) is 9.96. The molecule has 1 aliphatic heterocycles. The molecule has 4 nitrogen and oxygen atoms in total. The fraction of sp³-hybridized carbons (Fsp3) is 0.545. The van der Waals surface area contributed by atoms with Crippen molar-refractivity contribution in [1.29, 1.82) is 0 Å². The molecule has 1 atom stereocenters. The Balaban J connectivity index is 1.97. The highest BCUT2D eigenvalue weighted by Gasteiger charge is 2.27. The molecule has 1 amide bonds. The first-order chi connectivity index (χ1) is 7.70. The summed E-state index contributed by atoms with van der Waals surface area (Å²) in [6.45, 7) is 2.53. The summed E-state index contributed by atoms with van der Waals surface area (Å²) < 4.78 is 5.11. The molecule has 1 aliphatic rings. The van der Waals surface area contributed by atoms with Gasteiger partial charge in [0, 0.05) is 13.1 Å². The number of carbonyl (C=O) groups is 1. The lowest BCUT2D eigenvalue weighted by Gasteiger charge is -2.14. The van der Waals surface area contributed by atoms with Crippen LogP contribution in [0.25, 0.3) is 0 Å². The van der Waals surface area contributed by atoms with E-state index in [-0.39, 0.29) is 11.1 Å². The van der Waals surface area contributed by atoms with Crippen LogP contribution in [0.5, 0.6) is 0 Å². The van der Waals surface area contributed by atoms with E-state index in [1.165, 1.54) is 0 Å². The number of hydrogen-bond acceptors (Lipinski definition) is 3. The van der Waals surface area contributed by atoms with E-state index in [0.717, 1.165) is 26.1 Å². The minimum absolute atomic E-state index is 0.0643. The molecule has 0 spiro atoms. The lowest BCUT2D eigenvalue weighted by Crippen LogP contribution is -2.30. The van der Waals surface area contributed by atoms with E-state index in [4.69, 9.17) is 16.0 Å². The fourth-order valence-corrected chi connectivity index (χ4v) is 2.20. The molecule has 2 rings (SSSR count). The summed E-state index contributed by atoms with van der Waals surface area (Å²) in [5.74, 6) is 0.806. The standard InChI is InChI=1S/C11H15ClN2O2/c1-13-6-8-4-5-14(7-8)11(15)9-2-3-10(12)16-9/h2-3,8,13H,4-7H2,1H3. The lowest BCUT2D eigenvalue weighted by molar-refractivity contribution is 0.0755. The highest BCUT2D eigenvalue weighted by atomic mass is 35.5. The van der Waals surface area contributed by atoms with Crippen molar-refractivity contribution in [2.24, 2.45) is 5.92 Å². The Hall–Kier alpha value is -1.00. The molecule has 1 aromatic heterocycles. The van der Waals surface area contributed by atoms with Crippen LogP contribution in [0.2, 0.25) is 5.22 Å². The van der Waals surface area contributed by atoms with Crippen molar-refractivity contribution in [3.63, 3.8) is 0 Å². The van der Waals surface area contributed by atoms with Gasteiger partial charge in [-0.25, -0.2) is 0 Å². The highest BCUT2D eigenvalue weighted by Crippen LogP contribution is 2.20. The van der Waals surface area contributed by atoms with Gasteiger partial charge < -0.3 is 14.6 Å². The van der Waals surface area contributed by atoms with E-state index in [0.29, 0.717) is 11.7 Å². The molecule has 0 saturated carbocycles. The van der Waals surface area contributed by atoms with Crippen LogP contribution in [0, 0.1) is 5.92 Å². The largest absolute Gasteiger partial charge is 0.440 e. The average Bonchev–Trinajstić information content (AvgIpc) is 2.87. The molecule has 88 valence electrons. The lowest BCUT2D eigenvalue weighted by atomic mass is 10.1. The number of furan rings is 1. The molecular formula is C11H15ClN2O2. The van der Waals surface area contributed by atoms with Gasteiger partial charge in [-0.05, 0) is 49.7 Å². The first-order valence-electron chi connectivity index (χ1n) is 5.40. The molecule has 1 aromatic rings. The van der Waals surface area contributed by atoms with Crippen molar-refractivity contribution in [2.75, 3.05) is 26.7 Å². The maximum absolute atomic E-state index is 12.0. The average molecular weight is 243 g/mol. The Labute approximate surface area is 99.5 Å². The zero-order valence-electron chi connectivity index (χ0n) is 9.20. The van der Waals surface area contributed by atoms with Crippen molar-refractivity contribution in [3.05, 3.63) is 23.1 Å². The maximum Gasteiger partial charge on any atom is 0.289 e. The van der Waals surface area contributed by atoms with Crippen LogP contribution in [0.4, 0.5) is 0 Å². The first kappa shape index (κ1) is 11.5. The minimum atomic E-state index is -0.0643. The highest BCUT2D eigenvalue weighted by molar-refractivity contribution is 6.29. The molecule has 0 aromatic carbocycles. The molecule has 5 heteroatoms. The van der Waals surface area contributed by atoms with Crippen LogP contribution >= 0.6 is 11.6 Å². The predicted molar refractivity (Wildman–Crippen MR) is 61.7 cm³/mol. The van der Waals surface area contributed by atoms with E-state index in [9.17, 15) is 4.79 Å². The Morgan fingerprint density at radius 1 is 1.69 bits per heavy atom. The molecule has 16 heavy (non-hydrogen) atoms. The van der Waals surface area contributed by atoms with Gasteiger partial charge in [0.2, 0.25) is 0 Å². The number of nitrogens with zero attached hydrogens (tertiary/aromatic N) is 1. The second-order valence-corrected chi connectivity index (χ2v) is 4.44. The molecule has 1 unspecified atom stereocenters. The molecule has 0 bridgehead atoms. The Morgan fingerprint density at radius 2 is 2.50 bits per heavy atom. The van der Waals surface area contributed by atoms with Gasteiger partial charge in [0.15, 0.2) is 11.0 Å². The van der Waals surface area contributed by atoms with Crippen molar-refractivity contribution >= 4 is 17.5 Å². The second-order valence-electron chi connectivity index (χ2n) is 4.07. The molecule has 1 fully saturated rings. The van der Waals surface area contributed by atoms with Gasteiger partial charge in [0.1, 0.15) is 0 Å². The third-order valence-electron chi connectivity index (χ3n) is 2.85. The van der Waals surface area contributed by atoms with Gasteiger partial charge >= 0.3 is 0 Å². The van der Waals surface area contributed by atoms with Crippen LogP contribution in [0.15, 0.2) is 16.5 Å². The molecule has 0 radical (unpaired) electrons. The summed E-state index contributed by atoms with van der Waals surface area (Å²) in [5.41, 5.74) is 0. The van der Waals surface area contributed by atoms with E-state index >= 15 is 0 Å². The SMILES string of the molecule is CNCC1CCN(C(=O)c2ccc(Cl)o2)C1. The topological polar surface area (TPSA) is 45.5 Å². The summed E-state index contributed by atoms with van der Waals surface area (Å²) in [6, 6.07) is 3.21. The van der Waals surface area contributed by atoms with E-state index < -0.39 is 0 Å². The summed E-state index contributed by atoms with van der Waals surface area (Å²) in [6.07, 6.45) is 1.04. The van der Waals surface area contributed by atoms with Crippen LogP contribution < -0.4 is 5.32 Å². The normalized spacial score (nSPS) is 20.4. The Bertz CT molecular complexity index is 378. The summed E-state index contributed by atoms with van der Waals surface area (Å²) in [7, 11) is 1.93. The third kappa shape index (κ3) is 2.39. The van der Waals surface area contributed by atoms with E-state index in [1.807, 2.05) is 11.9 Å². The van der Waals surface area contributed by atoms with Crippen LogP contribution in [0.3, 0.4) is 0 Å². The number of hydrogen-bond donors (Lipinski definition) is 1. The van der Waals surface area contributed by atoms with Crippen LogP contribution in [-0.2, 0) is 0 Å². The van der Waals surface area contributed by atoms with Gasteiger partial charge in [-0.3, -0.25) is 4.79 Å². The number of carbonyl (C=O) groups excluding carboxylic acids is 1. The van der Waals surface area contributed by atoms with Crippen LogP contribution in [0.1, 0.15) is 17.0 Å². The number of nitrogens with one attached hydrogen (secondary N) is 1. The fourth-order valence-electron chi connectivity index (χ4n) is 2.06. The third-order valence-corrected chi connectivity index (χ3v) is 3.05. The summed E-state index contributed by atoms with van der Waals surface area (Å²) in [4.78, 5) is 13.8. The molecule has 2 heterocycles. The van der Waals surface area contributed by atoms with Crippen molar-refractivity contribution in [1.82, 2.24) is 10.2 Å². The summed E-state index contributed by atoms with van der Waals surface area (Å²) >= 11 is 5.64. The maximum atomic E-state index is 12.0. The van der Waals surface area contributed by atoms with Gasteiger partial charge in [0.05, 0.1) is 0 Å². The van der Waals surface area contributed by atoms with Gasteiger partial charge in [-0.2, -0.15) is 0 Å². The van der Waals surface area contributed by atoms with Gasteiger partial charge in [-0.1, -0.05) is 0 Å². The number of likely N-dealkylation sites (tertiary alicyclic amines) is 1. The van der Waals surface area contributed by atoms with Gasteiger partial charge in [0.25, 0.3) is 5.91 Å². The van der Waals surface area contributed by atoms with Crippen molar-refractivity contribution < 1.29 is 9.21 Å². The first-order valence-corrected chi connectivity index (χ1v) is 5.77. The van der Waals surface area contributed by atoms with Gasteiger partial charge in [-0.15, -0.1) is 0 Å². The predicted octanol–water partition coefficient (Wildman–Crippen LogP) is 1.61. The quantitative estimate of drug-likeness (QED) is 0.876. The molecule has 1 N–H and O–H groups in total. The Kier molecular flexibility index (Phi) is 3.51. The van der Waals surface area contributed by atoms with Crippen molar-refractivity contribution in [2.45, 2.75) is 6.42 Å². The van der Waals surface area contributed by atoms with E-state index in [2.05, 4.69) is 5.32 Å².